The summed E-state index contributed by atoms with van der Waals surface area (Å²) in [6.45, 7) is 3.25. The molecule has 0 amide bonds. The predicted octanol–water partition coefficient (Wildman–Crippen LogP) is 3.26. The van der Waals surface area contributed by atoms with Gasteiger partial charge in [0.1, 0.15) is 0 Å². The summed E-state index contributed by atoms with van der Waals surface area (Å²) < 4.78 is 12.1. The highest BCUT2D eigenvalue weighted by atomic mass is 16.5. The summed E-state index contributed by atoms with van der Waals surface area (Å²) in [5.41, 5.74) is 6.86. The lowest BCUT2D eigenvalue weighted by atomic mass is 9.65. The standard InChI is InChI=1S/C17H31NO2/c1-13-4-9-17(19-2,10-5-13)15(18)14-6-11-20-16(12-14)7-3-8-16/h13-15H,3-12,18H2,1-2H3. The van der Waals surface area contributed by atoms with Gasteiger partial charge in [0.2, 0.25) is 0 Å². The third-order valence-corrected chi connectivity index (χ3v) is 6.44. The van der Waals surface area contributed by atoms with Crippen molar-refractivity contribution < 1.29 is 9.47 Å². The van der Waals surface area contributed by atoms with Gasteiger partial charge in [0.25, 0.3) is 0 Å². The minimum Gasteiger partial charge on any atom is -0.377 e. The van der Waals surface area contributed by atoms with Crippen molar-refractivity contribution in [3.63, 3.8) is 0 Å². The van der Waals surface area contributed by atoms with Crippen LogP contribution in [-0.2, 0) is 9.47 Å². The maximum Gasteiger partial charge on any atom is 0.0831 e. The molecule has 2 unspecified atom stereocenters. The third-order valence-electron chi connectivity index (χ3n) is 6.44. The van der Waals surface area contributed by atoms with E-state index in [9.17, 15) is 0 Å². The first-order chi connectivity index (χ1) is 9.59. The molecule has 2 saturated carbocycles. The van der Waals surface area contributed by atoms with Gasteiger partial charge in [0, 0.05) is 19.8 Å². The van der Waals surface area contributed by atoms with E-state index < -0.39 is 0 Å². The van der Waals surface area contributed by atoms with Crippen LogP contribution in [0.2, 0.25) is 0 Å². The summed E-state index contributed by atoms with van der Waals surface area (Å²) in [6, 6.07) is 0.182. The topological polar surface area (TPSA) is 44.5 Å². The van der Waals surface area contributed by atoms with Gasteiger partial charge in [-0.05, 0) is 69.6 Å². The number of nitrogens with two attached hydrogens (primary N) is 1. The highest BCUT2D eigenvalue weighted by molar-refractivity contribution is 5.03. The van der Waals surface area contributed by atoms with Gasteiger partial charge in [-0.25, -0.2) is 0 Å². The molecule has 1 saturated heterocycles. The van der Waals surface area contributed by atoms with E-state index in [1.54, 1.807) is 0 Å². The van der Waals surface area contributed by atoms with Crippen LogP contribution in [0.25, 0.3) is 0 Å². The molecule has 0 radical (unpaired) electrons. The van der Waals surface area contributed by atoms with Gasteiger partial charge in [-0.1, -0.05) is 6.92 Å². The van der Waals surface area contributed by atoms with Gasteiger partial charge in [-0.2, -0.15) is 0 Å². The van der Waals surface area contributed by atoms with Crippen molar-refractivity contribution in [1.29, 1.82) is 0 Å². The van der Waals surface area contributed by atoms with E-state index in [2.05, 4.69) is 6.92 Å². The number of hydrogen-bond donors (Lipinski definition) is 1. The van der Waals surface area contributed by atoms with Crippen LogP contribution in [0.3, 0.4) is 0 Å². The summed E-state index contributed by atoms with van der Waals surface area (Å²) in [6.07, 6.45) is 10.9. The molecule has 3 heteroatoms. The van der Waals surface area contributed by atoms with Gasteiger partial charge in [-0.15, -0.1) is 0 Å². The zero-order valence-electron chi connectivity index (χ0n) is 13.2. The average molecular weight is 281 g/mol. The fourth-order valence-electron chi connectivity index (χ4n) is 4.65. The van der Waals surface area contributed by atoms with E-state index in [0.29, 0.717) is 5.92 Å². The average Bonchev–Trinajstić information content (AvgIpc) is 2.46. The molecule has 3 nitrogen and oxygen atoms in total. The van der Waals surface area contributed by atoms with E-state index in [-0.39, 0.29) is 17.2 Å². The molecule has 0 aromatic rings. The quantitative estimate of drug-likeness (QED) is 0.863. The fourth-order valence-corrected chi connectivity index (χ4v) is 4.65. The molecule has 3 aliphatic rings. The Bertz CT molecular complexity index is 332. The van der Waals surface area contributed by atoms with Crippen LogP contribution < -0.4 is 5.73 Å². The molecule has 0 bridgehead atoms. The van der Waals surface area contributed by atoms with Crippen LogP contribution in [-0.4, -0.2) is 31.0 Å². The van der Waals surface area contributed by atoms with Gasteiger partial charge in [-0.3, -0.25) is 0 Å². The van der Waals surface area contributed by atoms with Crippen molar-refractivity contribution in [2.24, 2.45) is 17.6 Å². The molecule has 2 N–H and O–H groups in total. The predicted molar refractivity (Wildman–Crippen MR) is 80.6 cm³/mol. The maximum atomic E-state index is 6.73. The van der Waals surface area contributed by atoms with Gasteiger partial charge >= 0.3 is 0 Å². The Kier molecular flexibility index (Phi) is 4.13. The molecule has 1 spiro atoms. The molecule has 1 heterocycles. The Labute approximate surface area is 123 Å². The molecular formula is C17H31NO2. The normalized spacial score (nSPS) is 42.1. The minimum absolute atomic E-state index is 0.0700. The number of ether oxygens (including phenoxy) is 2. The van der Waals surface area contributed by atoms with Crippen molar-refractivity contribution >= 4 is 0 Å². The SMILES string of the molecule is COC1(C(N)C2CCOC3(CCC3)C2)CCC(C)CC1. The second-order valence-electron chi connectivity index (χ2n) is 7.62. The zero-order valence-corrected chi connectivity index (χ0v) is 13.2. The molecule has 3 fully saturated rings. The van der Waals surface area contributed by atoms with Crippen LogP contribution >= 0.6 is 0 Å². The fraction of sp³-hybridized carbons (Fsp3) is 1.00. The summed E-state index contributed by atoms with van der Waals surface area (Å²) in [5, 5.41) is 0. The van der Waals surface area contributed by atoms with Gasteiger partial charge in [0.05, 0.1) is 11.2 Å². The zero-order chi connectivity index (χ0) is 14.2. The van der Waals surface area contributed by atoms with Gasteiger partial charge < -0.3 is 15.2 Å². The lowest BCUT2D eigenvalue weighted by molar-refractivity contribution is -0.161. The number of rotatable bonds is 3. The number of methoxy groups -OCH3 is 1. The highest BCUT2D eigenvalue weighted by Gasteiger charge is 2.49. The van der Waals surface area contributed by atoms with Crippen molar-refractivity contribution in [2.45, 2.75) is 82.0 Å². The molecule has 2 aliphatic carbocycles. The Morgan fingerprint density at radius 1 is 1.15 bits per heavy atom. The van der Waals surface area contributed by atoms with Crippen molar-refractivity contribution in [1.82, 2.24) is 0 Å². The van der Waals surface area contributed by atoms with Gasteiger partial charge in [0.15, 0.2) is 0 Å². The van der Waals surface area contributed by atoms with Crippen molar-refractivity contribution in [3.05, 3.63) is 0 Å². The van der Waals surface area contributed by atoms with Crippen LogP contribution in [0, 0.1) is 11.8 Å². The molecule has 0 aromatic carbocycles. The van der Waals surface area contributed by atoms with Crippen molar-refractivity contribution in [2.75, 3.05) is 13.7 Å². The summed E-state index contributed by atoms with van der Waals surface area (Å²) in [4.78, 5) is 0. The molecule has 1 aliphatic heterocycles. The first kappa shape index (κ1) is 14.8. The van der Waals surface area contributed by atoms with Crippen LogP contribution in [0.1, 0.15) is 64.7 Å². The molecule has 3 rings (SSSR count). The summed E-state index contributed by atoms with van der Waals surface area (Å²) >= 11 is 0. The Balaban J connectivity index is 1.68. The second-order valence-corrected chi connectivity index (χ2v) is 7.62. The van der Waals surface area contributed by atoms with Crippen LogP contribution in [0.5, 0.6) is 0 Å². The smallest absolute Gasteiger partial charge is 0.0831 e. The molecule has 2 atom stereocenters. The minimum atomic E-state index is -0.0700. The largest absolute Gasteiger partial charge is 0.377 e. The molecule has 116 valence electrons. The second kappa shape index (κ2) is 5.58. The molecular weight excluding hydrogens is 250 g/mol. The summed E-state index contributed by atoms with van der Waals surface area (Å²) in [5.74, 6) is 1.41. The van der Waals surface area contributed by atoms with E-state index in [1.165, 1.54) is 32.1 Å². The Morgan fingerprint density at radius 2 is 1.85 bits per heavy atom. The monoisotopic (exact) mass is 281 g/mol. The van der Waals surface area contributed by atoms with E-state index in [1.807, 2.05) is 7.11 Å². The van der Waals surface area contributed by atoms with E-state index in [0.717, 1.165) is 38.2 Å². The van der Waals surface area contributed by atoms with E-state index in [4.69, 9.17) is 15.2 Å². The Morgan fingerprint density at radius 3 is 2.40 bits per heavy atom. The molecule has 20 heavy (non-hydrogen) atoms. The number of hydrogen-bond acceptors (Lipinski definition) is 3. The Hall–Kier alpha value is -0.120. The summed E-state index contributed by atoms with van der Waals surface area (Å²) in [7, 11) is 1.87. The maximum absolute atomic E-state index is 6.73. The van der Waals surface area contributed by atoms with E-state index >= 15 is 0 Å². The molecule has 0 aromatic heterocycles. The lowest BCUT2D eigenvalue weighted by Gasteiger charge is -2.52. The van der Waals surface area contributed by atoms with Crippen LogP contribution in [0.4, 0.5) is 0 Å². The first-order valence-corrected chi connectivity index (χ1v) is 8.54. The van der Waals surface area contributed by atoms with Crippen molar-refractivity contribution in [3.8, 4) is 0 Å². The first-order valence-electron chi connectivity index (χ1n) is 8.54. The van der Waals surface area contributed by atoms with Crippen LogP contribution in [0.15, 0.2) is 0 Å². The highest BCUT2D eigenvalue weighted by Crippen LogP contribution is 2.47. The lowest BCUT2D eigenvalue weighted by Crippen LogP contribution is -2.58. The third kappa shape index (κ3) is 2.53.